The minimum atomic E-state index is -0.558. The number of carbonyl (C=O) groups excluding carboxylic acids is 1. The molecule has 0 saturated heterocycles. The maximum absolute atomic E-state index is 11.2. The van der Waals surface area contributed by atoms with Crippen molar-refractivity contribution in [1.29, 1.82) is 0 Å². The van der Waals surface area contributed by atoms with Crippen molar-refractivity contribution >= 4 is 34.4 Å². The number of benzene rings is 2. The van der Waals surface area contributed by atoms with Gasteiger partial charge in [0.25, 0.3) is 0 Å². The number of hydrogen-bond donors (Lipinski definition) is 4. The highest BCUT2D eigenvalue weighted by atomic mass is 32.2. The number of anilines is 1. The number of fused-ring (bicyclic) bond motifs is 1. The molecule has 1 aromatic heterocycles. The highest BCUT2D eigenvalue weighted by Crippen LogP contribution is 2.39. The first-order valence-electron chi connectivity index (χ1n) is 7.63. The molecule has 0 atom stereocenters. The van der Waals surface area contributed by atoms with E-state index in [1.807, 2.05) is 37.4 Å². The summed E-state index contributed by atoms with van der Waals surface area (Å²) in [6, 6.07) is 11.1. The van der Waals surface area contributed by atoms with Crippen molar-refractivity contribution in [2.45, 2.75) is 11.8 Å². The van der Waals surface area contributed by atoms with Gasteiger partial charge in [-0.1, -0.05) is 6.07 Å². The Kier molecular flexibility index (Phi) is 4.76. The van der Waals surface area contributed by atoms with Crippen LogP contribution in [-0.2, 0) is 4.74 Å². The van der Waals surface area contributed by atoms with Gasteiger partial charge in [0.2, 0.25) is 0 Å². The average Bonchev–Trinajstić information content (AvgIpc) is 2.94. The lowest BCUT2D eigenvalue weighted by Gasteiger charge is -2.12. The molecule has 4 N–H and O–H groups in total. The van der Waals surface area contributed by atoms with Crippen molar-refractivity contribution in [3.63, 3.8) is 0 Å². The minimum absolute atomic E-state index is 0.235. The summed E-state index contributed by atoms with van der Waals surface area (Å²) >= 11 is 1.61. The molecule has 0 aliphatic carbocycles. The van der Waals surface area contributed by atoms with E-state index in [1.165, 1.54) is 7.11 Å². The molecule has 0 aliphatic rings. The van der Waals surface area contributed by atoms with Crippen LogP contribution < -0.4 is 10.9 Å². The van der Waals surface area contributed by atoms with Gasteiger partial charge in [-0.05, 0) is 49.1 Å². The third-order valence-electron chi connectivity index (χ3n) is 3.93. The Bertz CT molecular complexity index is 937. The van der Waals surface area contributed by atoms with Crippen LogP contribution in [0, 0.1) is 6.92 Å². The van der Waals surface area contributed by atoms with Crippen LogP contribution in [0.3, 0.4) is 0 Å². The third-order valence-corrected chi connectivity index (χ3v) is 4.71. The zero-order valence-corrected chi connectivity index (χ0v) is 15.0. The quantitative estimate of drug-likeness (QED) is 0.414. The SMILES string of the molecule is COC(=O)NNc1ccc(-c2c(C)[nH]c3ccc(O)cc23)c(SC)c1. The zero-order chi connectivity index (χ0) is 18.0. The second kappa shape index (κ2) is 6.98. The van der Waals surface area contributed by atoms with Gasteiger partial charge in [0.05, 0.1) is 12.8 Å². The molecule has 7 heteroatoms. The van der Waals surface area contributed by atoms with Crippen molar-refractivity contribution in [1.82, 2.24) is 10.4 Å². The number of ether oxygens (including phenoxy) is 1. The van der Waals surface area contributed by atoms with E-state index in [9.17, 15) is 9.90 Å². The van der Waals surface area contributed by atoms with Gasteiger partial charge < -0.3 is 14.8 Å². The molecule has 0 radical (unpaired) electrons. The number of aryl methyl sites for hydroxylation is 1. The van der Waals surface area contributed by atoms with Crippen LogP contribution >= 0.6 is 11.8 Å². The van der Waals surface area contributed by atoms with E-state index in [0.29, 0.717) is 0 Å². The molecule has 0 unspecified atom stereocenters. The molecule has 1 heterocycles. The van der Waals surface area contributed by atoms with E-state index in [4.69, 9.17) is 0 Å². The summed E-state index contributed by atoms with van der Waals surface area (Å²) < 4.78 is 4.54. The summed E-state index contributed by atoms with van der Waals surface area (Å²) in [4.78, 5) is 15.6. The lowest BCUT2D eigenvalue weighted by atomic mass is 10.0. The molecule has 0 aliphatic heterocycles. The first-order chi connectivity index (χ1) is 12.0. The number of phenols is 1. The second-order valence-corrected chi connectivity index (χ2v) is 6.36. The van der Waals surface area contributed by atoms with E-state index in [0.717, 1.165) is 38.3 Å². The Morgan fingerprint density at radius 3 is 2.76 bits per heavy atom. The van der Waals surface area contributed by atoms with Crippen molar-refractivity contribution < 1.29 is 14.6 Å². The van der Waals surface area contributed by atoms with Crippen molar-refractivity contribution in [2.75, 3.05) is 18.8 Å². The Hall–Kier alpha value is -2.80. The number of nitrogens with one attached hydrogen (secondary N) is 3. The van der Waals surface area contributed by atoms with Crippen LogP contribution in [0.4, 0.5) is 10.5 Å². The van der Waals surface area contributed by atoms with Gasteiger partial charge in [0.1, 0.15) is 5.75 Å². The Morgan fingerprint density at radius 1 is 1.24 bits per heavy atom. The van der Waals surface area contributed by atoms with Crippen molar-refractivity contribution in [2.24, 2.45) is 0 Å². The zero-order valence-electron chi connectivity index (χ0n) is 14.1. The number of amides is 1. The number of thioether (sulfide) groups is 1. The molecular formula is C18H19N3O3S. The molecule has 3 rings (SSSR count). The summed E-state index contributed by atoms with van der Waals surface area (Å²) in [6.07, 6.45) is 1.44. The van der Waals surface area contributed by atoms with E-state index >= 15 is 0 Å². The second-order valence-electron chi connectivity index (χ2n) is 5.51. The van der Waals surface area contributed by atoms with Crippen LogP contribution in [0.1, 0.15) is 5.69 Å². The van der Waals surface area contributed by atoms with Crippen LogP contribution in [0.5, 0.6) is 5.75 Å². The predicted octanol–water partition coefficient (Wildman–Crippen LogP) is 4.25. The topological polar surface area (TPSA) is 86.4 Å². The molecule has 0 spiro atoms. The first-order valence-corrected chi connectivity index (χ1v) is 8.85. The number of aromatic amines is 1. The molecule has 2 aromatic carbocycles. The van der Waals surface area contributed by atoms with Gasteiger partial charge in [-0.2, -0.15) is 0 Å². The standard InChI is InChI=1S/C18H19N3O3S/c1-10-17(14-9-12(22)5-7-15(14)19-10)13-6-4-11(8-16(13)25-3)20-21-18(23)24-2/h4-9,19-20,22H,1-3H3,(H,21,23). The molecule has 0 saturated carbocycles. The first kappa shape index (κ1) is 17.0. The fourth-order valence-electron chi connectivity index (χ4n) is 2.81. The number of hydrogen-bond acceptors (Lipinski definition) is 5. The van der Waals surface area contributed by atoms with Gasteiger partial charge in [0.15, 0.2) is 0 Å². The van der Waals surface area contributed by atoms with Gasteiger partial charge in [-0.15, -0.1) is 11.8 Å². The molecule has 130 valence electrons. The molecule has 25 heavy (non-hydrogen) atoms. The monoisotopic (exact) mass is 357 g/mol. The molecule has 6 nitrogen and oxygen atoms in total. The highest BCUT2D eigenvalue weighted by molar-refractivity contribution is 7.98. The summed E-state index contributed by atoms with van der Waals surface area (Å²) in [5.41, 5.74) is 10.1. The van der Waals surface area contributed by atoms with E-state index in [1.54, 1.807) is 23.9 Å². The Morgan fingerprint density at radius 2 is 2.04 bits per heavy atom. The van der Waals surface area contributed by atoms with Crippen molar-refractivity contribution in [3.05, 3.63) is 42.1 Å². The van der Waals surface area contributed by atoms with E-state index in [-0.39, 0.29) is 5.75 Å². The highest BCUT2D eigenvalue weighted by Gasteiger charge is 2.15. The van der Waals surface area contributed by atoms with Gasteiger partial charge in [-0.25, -0.2) is 10.2 Å². The summed E-state index contributed by atoms with van der Waals surface area (Å²) in [7, 11) is 1.31. The Labute approximate surface area is 149 Å². The normalized spacial score (nSPS) is 10.7. The Balaban J connectivity index is 2.04. The van der Waals surface area contributed by atoms with Crippen LogP contribution in [0.15, 0.2) is 41.3 Å². The fraction of sp³-hybridized carbons (Fsp3) is 0.167. The van der Waals surface area contributed by atoms with Crippen molar-refractivity contribution in [3.8, 4) is 16.9 Å². The number of hydrazine groups is 1. The predicted molar refractivity (Wildman–Crippen MR) is 101 cm³/mol. The van der Waals surface area contributed by atoms with Crippen LogP contribution in [0.25, 0.3) is 22.0 Å². The number of aromatic nitrogens is 1. The van der Waals surface area contributed by atoms with E-state index < -0.39 is 6.09 Å². The summed E-state index contributed by atoms with van der Waals surface area (Å²) in [5, 5.41) is 10.8. The molecule has 1 amide bonds. The summed E-state index contributed by atoms with van der Waals surface area (Å²) in [5.74, 6) is 0.235. The van der Waals surface area contributed by atoms with Crippen LogP contribution in [0.2, 0.25) is 0 Å². The van der Waals surface area contributed by atoms with Gasteiger partial charge in [0, 0.05) is 27.1 Å². The largest absolute Gasteiger partial charge is 0.508 e. The molecule has 0 fully saturated rings. The molecular weight excluding hydrogens is 338 g/mol. The summed E-state index contributed by atoms with van der Waals surface area (Å²) in [6.45, 7) is 2.02. The third kappa shape index (κ3) is 3.36. The van der Waals surface area contributed by atoms with Crippen LogP contribution in [-0.4, -0.2) is 29.5 Å². The van der Waals surface area contributed by atoms with Gasteiger partial charge in [-0.3, -0.25) is 5.43 Å². The maximum atomic E-state index is 11.2. The minimum Gasteiger partial charge on any atom is -0.508 e. The number of rotatable bonds is 4. The lowest BCUT2D eigenvalue weighted by Crippen LogP contribution is -2.28. The average molecular weight is 357 g/mol. The molecule has 0 bridgehead atoms. The van der Waals surface area contributed by atoms with E-state index in [2.05, 4.69) is 20.6 Å². The number of carbonyl (C=O) groups is 1. The van der Waals surface area contributed by atoms with Gasteiger partial charge >= 0.3 is 6.09 Å². The lowest BCUT2D eigenvalue weighted by molar-refractivity contribution is 0.173. The number of H-pyrrole nitrogens is 1. The number of phenolic OH excluding ortho intramolecular Hbond substituents is 1. The fourth-order valence-corrected chi connectivity index (χ4v) is 3.45. The number of methoxy groups -OCH3 is 1. The smallest absolute Gasteiger partial charge is 0.425 e. The maximum Gasteiger partial charge on any atom is 0.425 e. The molecule has 3 aromatic rings. The number of aromatic hydroxyl groups is 1.